The molecular formula is C20H24N4O3. The van der Waals surface area contributed by atoms with E-state index in [2.05, 4.69) is 15.6 Å². The van der Waals surface area contributed by atoms with Crippen LogP contribution in [-0.4, -0.2) is 35.1 Å². The van der Waals surface area contributed by atoms with Crippen LogP contribution in [0.5, 0.6) is 0 Å². The largest absolute Gasteiger partial charge is 0.466 e. The minimum absolute atomic E-state index is 0.124. The van der Waals surface area contributed by atoms with Gasteiger partial charge in [0.25, 0.3) is 0 Å². The molecule has 27 heavy (non-hydrogen) atoms. The minimum atomic E-state index is -0.317. The van der Waals surface area contributed by atoms with Crippen LogP contribution in [0.4, 0.5) is 4.79 Å². The van der Waals surface area contributed by atoms with E-state index in [1.54, 1.807) is 6.92 Å². The fourth-order valence-corrected chi connectivity index (χ4v) is 3.14. The van der Waals surface area contributed by atoms with Gasteiger partial charge in [-0.3, -0.25) is 4.79 Å². The van der Waals surface area contributed by atoms with Gasteiger partial charge in [0.1, 0.15) is 0 Å². The molecule has 1 heterocycles. The number of benzene rings is 1. The highest BCUT2D eigenvalue weighted by molar-refractivity contribution is 5.76. The van der Waals surface area contributed by atoms with Crippen molar-refractivity contribution >= 4 is 12.0 Å². The number of ether oxygens (including phenoxy) is 1. The van der Waals surface area contributed by atoms with Crippen molar-refractivity contribution in [3.05, 3.63) is 47.8 Å². The second-order valence-corrected chi connectivity index (χ2v) is 6.36. The fourth-order valence-electron chi connectivity index (χ4n) is 3.14. The molecule has 3 rings (SSSR count). The lowest BCUT2D eigenvalue weighted by atomic mass is 9.92. The first-order valence-electron chi connectivity index (χ1n) is 9.28. The van der Waals surface area contributed by atoms with Gasteiger partial charge in [-0.05, 0) is 26.2 Å². The van der Waals surface area contributed by atoms with E-state index in [0.717, 1.165) is 36.1 Å². The zero-order chi connectivity index (χ0) is 19.1. The quantitative estimate of drug-likeness (QED) is 0.765. The van der Waals surface area contributed by atoms with Crippen LogP contribution >= 0.6 is 0 Å². The molecule has 0 aliphatic heterocycles. The van der Waals surface area contributed by atoms with E-state index in [0.29, 0.717) is 12.4 Å². The first-order chi connectivity index (χ1) is 13.2. The van der Waals surface area contributed by atoms with Gasteiger partial charge in [-0.1, -0.05) is 30.3 Å². The van der Waals surface area contributed by atoms with Crippen LogP contribution in [0.2, 0.25) is 0 Å². The highest BCUT2D eigenvalue weighted by atomic mass is 16.5. The first-order valence-corrected chi connectivity index (χ1v) is 9.28. The van der Waals surface area contributed by atoms with Gasteiger partial charge in [-0.15, -0.1) is 0 Å². The Hall–Kier alpha value is -2.96. The number of aryl methyl sites for hydroxylation is 1. The van der Waals surface area contributed by atoms with E-state index in [4.69, 9.17) is 9.72 Å². The third kappa shape index (κ3) is 5.03. The average Bonchev–Trinajstić information content (AvgIpc) is 2.69. The van der Waals surface area contributed by atoms with Crippen LogP contribution in [0.15, 0.2) is 36.5 Å². The number of esters is 1. The zero-order valence-corrected chi connectivity index (χ0v) is 15.4. The number of aromatic nitrogens is 2. The van der Waals surface area contributed by atoms with E-state index in [1.165, 1.54) is 0 Å². The average molecular weight is 368 g/mol. The van der Waals surface area contributed by atoms with Crippen LogP contribution in [0, 0.1) is 0 Å². The molecule has 2 amide bonds. The molecule has 0 spiro atoms. The number of hydrogen-bond donors (Lipinski definition) is 2. The molecular weight excluding hydrogens is 344 g/mol. The molecule has 142 valence electrons. The molecule has 1 aliphatic carbocycles. The number of amides is 2. The Kier molecular flexibility index (Phi) is 6.35. The van der Waals surface area contributed by atoms with Crippen molar-refractivity contribution in [3.8, 4) is 11.4 Å². The lowest BCUT2D eigenvalue weighted by molar-refractivity contribution is -0.142. The summed E-state index contributed by atoms with van der Waals surface area (Å²) in [4.78, 5) is 32.6. The third-order valence-corrected chi connectivity index (χ3v) is 4.44. The van der Waals surface area contributed by atoms with Gasteiger partial charge >= 0.3 is 12.0 Å². The SMILES string of the molecule is CCOC(=O)CCNC(=O)N[C@@H]1CCCc2nc(-c3ccccc3)ncc21. The van der Waals surface area contributed by atoms with E-state index < -0.39 is 0 Å². The molecule has 0 fully saturated rings. The smallest absolute Gasteiger partial charge is 0.315 e. The third-order valence-electron chi connectivity index (χ3n) is 4.44. The van der Waals surface area contributed by atoms with Crippen molar-refractivity contribution in [1.29, 1.82) is 0 Å². The highest BCUT2D eigenvalue weighted by Crippen LogP contribution is 2.29. The first kappa shape index (κ1) is 18.8. The highest BCUT2D eigenvalue weighted by Gasteiger charge is 2.24. The standard InChI is InChI=1S/C20H24N4O3/c1-2-27-18(25)11-12-21-20(26)24-17-10-6-9-16-15(17)13-22-19(23-16)14-7-4-3-5-8-14/h3-5,7-8,13,17H,2,6,9-12H2,1H3,(H2,21,24,26)/t17-/m1/s1. The molecule has 0 radical (unpaired) electrons. The zero-order valence-electron chi connectivity index (χ0n) is 15.4. The van der Waals surface area contributed by atoms with Crippen molar-refractivity contribution in [3.63, 3.8) is 0 Å². The maximum absolute atomic E-state index is 12.1. The Balaban J connectivity index is 1.61. The molecule has 1 aromatic heterocycles. The van der Waals surface area contributed by atoms with Gasteiger partial charge in [-0.2, -0.15) is 0 Å². The number of carbonyl (C=O) groups excluding carboxylic acids is 2. The van der Waals surface area contributed by atoms with Crippen LogP contribution in [-0.2, 0) is 16.0 Å². The molecule has 2 N–H and O–H groups in total. The fraction of sp³-hybridized carbons (Fsp3) is 0.400. The van der Waals surface area contributed by atoms with Crippen molar-refractivity contribution in [2.24, 2.45) is 0 Å². The number of urea groups is 1. The van der Waals surface area contributed by atoms with Crippen LogP contribution < -0.4 is 10.6 Å². The maximum atomic E-state index is 12.1. The molecule has 0 bridgehead atoms. The van der Waals surface area contributed by atoms with Crippen LogP contribution in [0.25, 0.3) is 11.4 Å². The summed E-state index contributed by atoms with van der Waals surface area (Å²) in [6, 6.07) is 9.42. The Morgan fingerprint density at radius 2 is 2.07 bits per heavy atom. The molecule has 1 aromatic carbocycles. The summed E-state index contributed by atoms with van der Waals surface area (Å²) >= 11 is 0. The van der Waals surface area contributed by atoms with Gasteiger partial charge in [0.05, 0.1) is 19.1 Å². The van der Waals surface area contributed by atoms with Crippen LogP contribution in [0.3, 0.4) is 0 Å². The molecule has 0 saturated heterocycles. The van der Waals surface area contributed by atoms with Gasteiger partial charge in [0.2, 0.25) is 0 Å². The van der Waals surface area contributed by atoms with E-state index in [-0.39, 0.29) is 31.0 Å². The van der Waals surface area contributed by atoms with Gasteiger partial charge < -0.3 is 15.4 Å². The van der Waals surface area contributed by atoms with Gasteiger partial charge in [0.15, 0.2) is 5.82 Å². The van der Waals surface area contributed by atoms with Crippen molar-refractivity contribution in [2.75, 3.05) is 13.2 Å². The molecule has 7 heteroatoms. The Labute approximate surface area is 158 Å². The summed E-state index contributed by atoms with van der Waals surface area (Å²) in [7, 11) is 0. The van der Waals surface area contributed by atoms with Gasteiger partial charge in [-0.25, -0.2) is 14.8 Å². The molecule has 7 nitrogen and oxygen atoms in total. The number of hydrogen-bond acceptors (Lipinski definition) is 5. The minimum Gasteiger partial charge on any atom is -0.466 e. The lowest BCUT2D eigenvalue weighted by Crippen LogP contribution is -2.40. The van der Waals surface area contributed by atoms with Crippen molar-refractivity contribution in [1.82, 2.24) is 20.6 Å². The summed E-state index contributed by atoms with van der Waals surface area (Å²) < 4.78 is 4.84. The molecule has 2 aromatic rings. The predicted molar refractivity (Wildman–Crippen MR) is 101 cm³/mol. The number of nitrogens with one attached hydrogen (secondary N) is 2. The Morgan fingerprint density at radius 1 is 1.26 bits per heavy atom. The molecule has 0 saturated carbocycles. The summed E-state index contributed by atoms with van der Waals surface area (Å²) in [6.45, 7) is 2.34. The summed E-state index contributed by atoms with van der Waals surface area (Å²) in [5.41, 5.74) is 2.92. The Bertz CT molecular complexity index is 795. The molecule has 1 aliphatic rings. The number of fused-ring (bicyclic) bond motifs is 1. The lowest BCUT2D eigenvalue weighted by Gasteiger charge is -2.25. The van der Waals surface area contributed by atoms with E-state index in [1.807, 2.05) is 36.5 Å². The summed E-state index contributed by atoms with van der Waals surface area (Å²) in [5.74, 6) is 0.386. The van der Waals surface area contributed by atoms with Gasteiger partial charge in [0, 0.05) is 29.6 Å². The number of carbonyl (C=O) groups is 2. The second-order valence-electron chi connectivity index (χ2n) is 6.36. The van der Waals surface area contributed by atoms with E-state index in [9.17, 15) is 9.59 Å². The van der Waals surface area contributed by atoms with Crippen LogP contribution in [0.1, 0.15) is 43.5 Å². The monoisotopic (exact) mass is 368 g/mol. The maximum Gasteiger partial charge on any atom is 0.315 e. The topological polar surface area (TPSA) is 93.2 Å². The number of nitrogens with zero attached hydrogens (tertiary/aromatic N) is 2. The summed E-state index contributed by atoms with van der Waals surface area (Å²) in [6.07, 6.45) is 4.64. The molecule has 1 atom stereocenters. The summed E-state index contributed by atoms with van der Waals surface area (Å²) in [5, 5.41) is 5.65. The van der Waals surface area contributed by atoms with Crippen molar-refractivity contribution < 1.29 is 14.3 Å². The normalized spacial score (nSPS) is 15.5. The Morgan fingerprint density at radius 3 is 2.85 bits per heavy atom. The number of rotatable bonds is 6. The second kappa shape index (κ2) is 9.12. The van der Waals surface area contributed by atoms with Crippen molar-refractivity contribution in [2.45, 2.75) is 38.6 Å². The van der Waals surface area contributed by atoms with E-state index >= 15 is 0 Å². The molecule has 0 unspecified atom stereocenters. The predicted octanol–water partition coefficient (Wildman–Crippen LogP) is 2.77.